The Hall–Kier alpha value is -1.96. The lowest BCUT2D eigenvalue weighted by molar-refractivity contribution is 0.266. The maximum Gasteiger partial charge on any atom is 0.119 e. The van der Waals surface area contributed by atoms with E-state index in [9.17, 15) is 0 Å². The van der Waals surface area contributed by atoms with Gasteiger partial charge < -0.3 is 9.47 Å². The Morgan fingerprint density at radius 2 is 1.17 bits per heavy atom. The van der Waals surface area contributed by atoms with E-state index < -0.39 is 0 Å². The SMILES string of the molecule is CC.CC.Cc1cccc(OCCCCOc2ccccc2)c1. The molecule has 0 fully saturated rings. The first-order valence-corrected chi connectivity index (χ1v) is 8.72. The van der Waals surface area contributed by atoms with Crippen LogP contribution in [-0.2, 0) is 0 Å². The van der Waals surface area contributed by atoms with Crippen LogP contribution in [0.1, 0.15) is 46.1 Å². The van der Waals surface area contributed by atoms with Gasteiger partial charge in [0.15, 0.2) is 0 Å². The fraction of sp³-hybridized carbons (Fsp3) is 0.429. The van der Waals surface area contributed by atoms with Gasteiger partial charge in [-0.3, -0.25) is 0 Å². The third-order valence-electron chi connectivity index (χ3n) is 2.81. The van der Waals surface area contributed by atoms with Crippen molar-refractivity contribution in [1.82, 2.24) is 0 Å². The zero-order chi connectivity index (χ0) is 17.3. The molecule has 0 bridgehead atoms. The van der Waals surface area contributed by atoms with Crippen molar-refractivity contribution in [2.45, 2.75) is 47.5 Å². The predicted molar refractivity (Wildman–Crippen MR) is 101 cm³/mol. The van der Waals surface area contributed by atoms with E-state index in [0.29, 0.717) is 0 Å². The number of para-hydroxylation sites is 1. The van der Waals surface area contributed by atoms with Crippen molar-refractivity contribution in [1.29, 1.82) is 0 Å². The average molecular weight is 316 g/mol. The van der Waals surface area contributed by atoms with E-state index in [2.05, 4.69) is 19.1 Å². The number of rotatable bonds is 7. The summed E-state index contributed by atoms with van der Waals surface area (Å²) in [5, 5.41) is 0. The molecule has 2 aromatic rings. The van der Waals surface area contributed by atoms with Crippen molar-refractivity contribution in [3.05, 3.63) is 60.2 Å². The molecule has 0 unspecified atom stereocenters. The fourth-order valence-electron chi connectivity index (χ4n) is 1.81. The molecule has 2 aromatic carbocycles. The standard InChI is InChI=1S/C17H20O2.2C2H6/c1-15-8-7-11-17(14-15)19-13-6-5-12-18-16-9-3-2-4-10-16;2*1-2/h2-4,7-11,14H,5-6,12-13H2,1H3;2*1-2H3. The largest absolute Gasteiger partial charge is 0.494 e. The summed E-state index contributed by atoms with van der Waals surface area (Å²) in [6.45, 7) is 11.5. The van der Waals surface area contributed by atoms with E-state index in [1.165, 1.54) is 5.56 Å². The highest BCUT2D eigenvalue weighted by Crippen LogP contribution is 2.13. The van der Waals surface area contributed by atoms with Crippen LogP contribution in [0.2, 0.25) is 0 Å². The second kappa shape index (κ2) is 15.0. The van der Waals surface area contributed by atoms with E-state index in [-0.39, 0.29) is 0 Å². The molecular formula is C21H32O2. The normalized spacial score (nSPS) is 8.91. The lowest BCUT2D eigenvalue weighted by atomic mass is 10.2. The number of hydrogen-bond donors (Lipinski definition) is 0. The number of aryl methyl sites for hydroxylation is 1. The maximum absolute atomic E-state index is 5.68. The second-order valence-electron chi connectivity index (χ2n) is 4.53. The third kappa shape index (κ3) is 10.4. The minimum absolute atomic E-state index is 0.737. The Kier molecular flexibility index (Phi) is 13.7. The van der Waals surface area contributed by atoms with Crippen LogP contribution in [0.4, 0.5) is 0 Å². The van der Waals surface area contributed by atoms with E-state index in [1.807, 2.05) is 70.2 Å². The first-order valence-electron chi connectivity index (χ1n) is 8.72. The van der Waals surface area contributed by atoms with Gasteiger partial charge in [0.25, 0.3) is 0 Å². The van der Waals surface area contributed by atoms with Crippen LogP contribution in [0.5, 0.6) is 11.5 Å². The molecule has 0 heterocycles. The van der Waals surface area contributed by atoms with E-state index in [4.69, 9.17) is 9.47 Å². The molecule has 2 heteroatoms. The molecule has 2 rings (SSSR count). The summed E-state index contributed by atoms with van der Waals surface area (Å²) >= 11 is 0. The quantitative estimate of drug-likeness (QED) is 0.559. The second-order valence-corrected chi connectivity index (χ2v) is 4.53. The van der Waals surface area contributed by atoms with Gasteiger partial charge in [0.2, 0.25) is 0 Å². The van der Waals surface area contributed by atoms with Crippen LogP contribution in [0.3, 0.4) is 0 Å². The van der Waals surface area contributed by atoms with Crippen LogP contribution < -0.4 is 9.47 Å². The molecule has 23 heavy (non-hydrogen) atoms. The molecule has 0 saturated heterocycles. The van der Waals surface area contributed by atoms with Crippen molar-refractivity contribution in [3.63, 3.8) is 0 Å². The van der Waals surface area contributed by atoms with Crippen molar-refractivity contribution in [2.75, 3.05) is 13.2 Å². The number of unbranched alkanes of at least 4 members (excludes halogenated alkanes) is 1. The molecule has 0 aliphatic heterocycles. The summed E-state index contributed by atoms with van der Waals surface area (Å²) in [5.41, 5.74) is 1.23. The van der Waals surface area contributed by atoms with Crippen LogP contribution in [0, 0.1) is 6.92 Å². The van der Waals surface area contributed by atoms with Gasteiger partial charge in [0.1, 0.15) is 11.5 Å². The highest BCUT2D eigenvalue weighted by Gasteiger charge is 1.95. The Labute approximate surface area is 142 Å². The third-order valence-corrected chi connectivity index (χ3v) is 2.81. The Bertz CT molecular complexity index is 480. The zero-order valence-electron chi connectivity index (χ0n) is 15.3. The summed E-state index contributed by atoms with van der Waals surface area (Å²) < 4.78 is 11.3. The molecule has 0 aromatic heterocycles. The van der Waals surface area contributed by atoms with Gasteiger partial charge >= 0.3 is 0 Å². The van der Waals surface area contributed by atoms with Crippen LogP contribution in [0.15, 0.2) is 54.6 Å². The molecule has 0 amide bonds. The van der Waals surface area contributed by atoms with Gasteiger partial charge in [-0.05, 0) is 49.6 Å². The minimum atomic E-state index is 0.737. The molecule has 0 saturated carbocycles. The molecule has 128 valence electrons. The summed E-state index contributed by atoms with van der Waals surface area (Å²) in [5.74, 6) is 1.88. The number of hydrogen-bond acceptors (Lipinski definition) is 2. The molecule has 0 atom stereocenters. The van der Waals surface area contributed by atoms with E-state index >= 15 is 0 Å². The van der Waals surface area contributed by atoms with Crippen molar-refractivity contribution < 1.29 is 9.47 Å². The summed E-state index contributed by atoms with van der Waals surface area (Å²) in [4.78, 5) is 0. The maximum atomic E-state index is 5.68. The Morgan fingerprint density at radius 1 is 0.652 bits per heavy atom. The van der Waals surface area contributed by atoms with Crippen LogP contribution in [0.25, 0.3) is 0 Å². The van der Waals surface area contributed by atoms with Gasteiger partial charge in [-0.1, -0.05) is 58.0 Å². The molecule has 0 aliphatic rings. The predicted octanol–water partition coefficient (Wildman–Crippen LogP) is 6.29. The van der Waals surface area contributed by atoms with Crippen LogP contribution in [-0.4, -0.2) is 13.2 Å². The average Bonchev–Trinajstić information content (AvgIpc) is 2.62. The zero-order valence-corrected chi connectivity index (χ0v) is 15.3. The Morgan fingerprint density at radius 3 is 1.74 bits per heavy atom. The van der Waals surface area contributed by atoms with Crippen molar-refractivity contribution in [3.8, 4) is 11.5 Å². The van der Waals surface area contributed by atoms with Gasteiger partial charge in [0, 0.05) is 0 Å². The fourth-order valence-corrected chi connectivity index (χ4v) is 1.81. The summed E-state index contributed by atoms with van der Waals surface area (Å²) in [7, 11) is 0. The molecule has 0 radical (unpaired) electrons. The van der Waals surface area contributed by atoms with Crippen LogP contribution >= 0.6 is 0 Å². The van der Waals surface area contributed by atoms with E-state index in [1.54, 1.807) is 0 Å². The van der Waals surface area contributed by atoms with Crippen molar-refractivity contribution >= 4 is 0 Å². The first-order chi connectivity index (χ1) is 11.3. The molecular weight excluding hydrogens is 284 g/mol. The van der Waals surface area contributed by atoms with Gasteiger partial charge in [-0.2, -0.15) is 0 Å². The molecule has 2 nitrogen and oxygen atoms in total. The summed E-state index contributed by atoms with van der Waals surface area (Å²) in [6.07, 6.45) is 2.00. The lowest BCUT2D eigenvalue weighted by Gasteiger charge is -2.08. The first kappa shape index (κ1) is 21.0. The lowest BCUT2D eigenvalue weighted by Crippen LogP contribution is -2.02. The van der Waals surface area contributed by atoms with Gasteiger partial charge in [0.05, 0.1) is 13.2 Å². The topological polar surface area (TPSA) is 18.5 Å². The van der Waals surface area contributed by atoms with E-state index in [0.717, 1.165) is 37.6 Å². The minimum Gasteiger partial charge on any atom is -0.494 e. The highest BCUT2D eigenvalue weighted by molar-refractivity contribution is 5.27. The molecule has 0 aliphatic carbocycles. The highest BCUT2D eigenvalue weighted by atomic mass is 16.5. The monoisotopic (exact) mass is 316 g/mol. The molecule has 0 N–H and O–H groups in total. The Balaban J connectivity index is 0.00000112. The number of ether oxygens (including phenoxy) is 2. The number of benzene rings is 2. The van der Waals surface area contributed by atoms with Crippen molar-refractivity contribution in [2.24, 2.45) is 0 Å². The summed E-state index contributed by atoms with van der Waals surface area (Å²) in [6, 6.07) is 18.0. The van der Waals surface area contributed by atoms with Gasteiger partial charge in [-0.25, -0.2) is 0 Å². The smallest absolute Gasteiger partial charge is 0.119 e. The van der Waals surface area contributed by atoms with Gasteiger partial charge in [-0.15, -0.1) is 0 Å². The molecule has 0 spiro atoms.